The van der Waals surface area contributed by atoms with Crippen molar-refractivity contribution in [3.8, 4) is 6.07 Å². The molecule has 0 fully saturated rings. The molecule has 3 rings (SSSR count). The Morgan fingerprint density at radius 1 is 1.38 bits per heavy atom. The van der Waals surface area contributed by atoms with Crippen LogP contribution in [0.15, 0.2) is 30.3 Å². The van der Waals surface area contributed by atoms with Crippen LogP contribution in [-0.2, 0) is 17.8 Å². The number of amides is 2. The molecular formula is C18H14ClN3O3S. The largest absolute Gasteiger partial charge is 0.465 e. The van der Waals surface area contributed by atoms with E-state index in [0.717, 1.165) is 10.4 Å². The first-order valence-electron chi connectivity index (χ1n) is 7.75. The van der Waals surface area contributed by atoms with Crippen LogP contribution in [0.25, 0.3) is 6.08 Å². The molecule has 8 heteroatoms. The number of hydrogen-bond acceptors (Lipinski definition) is 4. The quantitative estimate of drug-likeness (QED) is 0.779. The Bertz CT molecular complexity index is 946. The van der Waals surface area contributed by atoms with Crippen LogP contribution in [0.2, 0.25) is 5.02 Å². The Balaban J connectivity index is 1.78. The number of carbonyl (C=O) groups is 2. The smallest absolute Gasteiger partial charge is 0.407 e. The van der Waals surface area contributed by atoms with E-state index in [9.17, 15) is 14.9 Å². The van der Waals surface area contributed by atoms with Gasteiger partial charge in [0.25, 0.3) is 0 Å². The minimum Gasteiger partial charge on any atom is -0.465 e. The first kappa shape index (κ1) is 18.0. The SMILES string of the molecule is N#Cc1c(NC(=O)C=Cc2ccccc2Cl)sc2c1CCN(C(=O)O)C2. The Hall–Kier alpha value is -2.82. The van der Waals surface area contributed by atoms with Crippen LogP contribution in [0, 0.1) is 11.3 Å². The third-order valence-corrected chi connectivity index (χ3v) is 5.47. The summed E-state index contributed by atoms with van der Waals surface area (Å²) in [5.74, 6) is -0.380. The highest BCUT2D eigenvalue weighted by Crippen LogP contribution is 2.36. The predicted octanol–water partition coefficient (Wildman–Crippen LogP) is 3.96. The summed E-state index contributed by atoms with van der Waals surface area (Å²) in [6, 6.07) is 9.26. The van der Waals surface area contributed by atoms with Crippen molar-refractivity contribution in [2.45, 2.75) is 13.0 Å². The molecule has 0 saturated heterocycles. The molecule has 2 aromatic rings. The van der Waals surface area contributed by atoms with E-state index in [-0.39, 0.29) is 12.5 Å². The number of benzene rings is 1. The zero-order valence-corrected chi connectivity index (χ0v) is 15.1. The molecular weight excluding hydrogens is 374 g/mol. The van der Waals surface area contributed by atoms with Crippen molar-refractivity contribution in [2.75, 3.05) is 11.9 Å². The number of carbonyl (C=O) groups excluding carboxylic acids is 1. The molecule has 6 nitrogen and oxygen atoms in total. The molecule has 0 saturated carbocycles. The first-order chi connectivity index (χ1) is 12.5. The van der Waals surface area contributed by atoms with E-state index in [4.69, 9.17) is 16.7 Å². The monoisotopic (exact) mass is 387 g/mol. The molecule has 0 spiro atoms. The average molecular weight is 388 g/mol. The van der Waals surface area contributed by atoms with Crippen molar-refractivity contribution in [2.24, 2.45) is 0 Å². The molecule has 2 N–H and O–H groups in total. The summed E-state index contributed by atoms with van der Waals surface area (Å²) in [7, 11) is 0. The first-order valence-corrected chi connectivity index (χ1v) is 8.95. The summed E-state index contributed by atoms with van der Waals surface area (Å²) in [6.45, 7) is 0.572. The van der Waals surface area contributed by atoms with Gasteiger partial charge in [-0.1, -0.05) is 29.8 Å². The summed E-state index contributed by atoms with van der Waals surface area (Å²) in [5, 5.41) is 22.2. The molecule has 2 amide bonds. The van der Waals surface area contributed by atoms with Crippen molar-refractivity contribution < 1.29 is 14.7 Å². The van der Waals surface area contributed by atoms with E-state index in [0.29, 0.717) is 34.1 Å². The number of anilines is 1. The van der Waals surface area contributed by atoms with Crippen molar-refractivity contribution in [3.05, 3.63) is 56.9 Å². The molecule has 0 unspecified atom stereocenters. The normalized spacial score (nSPS) is 13.3. The molecule has 0 atom stereocenters. The maximum absolute atomic E-state index is 12.2. The predicted molar refractivity (Wildman–Crippen MR) is 100 cm³/mol. The number of thiophene rings is 1. The zero-order valence-electron chi connectivity index (χ0n) is 13.5. The number of fused-ring (bicyclic) bond motifs is 1. The van der Waals surface area contributed by atoms with Gasteiger partial charge in [0.05, 0.1) is 12.1 Å². The molecule has 26 heavy (non-hydrogen) atoms. The number of nitriles is 1. The van der Waals surface area contributed by atoms with Crippen molar-refractivity contribution in [3.63, 3.8) is 0 Å². The third-order valence-electron chi connectivity index (χ3n) is 4.00. The Morgan fingerprint density at radius 3 is 2.85 bits per heavy atom. The van der Waals surface area contributed by atoms with E-state index in [1.165, 1.54) is 22.3 Å². The standard InChI is InChI=1S/C18H14ClN3O3S/c19-14-4-2-1-3-11(14)5-6-16(23)21-17-13(9-20)12-7-8-22(18(24)25)10-15(12)26-17/h1-6H,7-8,10H2,(H,21,23)(H,24,25). The van der Waals surface area contributed by atoms with Crippen LogP contribution in [0.3, 0.4) is 0 Å². The number of rotatable bonds is 3. The third kappa shape index (κ3) is 3.72. The van der Waals surface area contributed by atoms with Crippen LogP contribution in [0.4, 0.5) is 9.80 Å². The van der Waals surface area contributed by atoms with E-state index in [2.05, 4.69) is 11.4 Å². The molecule has 0 radical (unpaired) electrons. The second-order valence-corrected chi connectivity index (χ2v) is 7.13. The second kappa shape index (κ2) is 7.60. The van der Waals surface area contributed by atoms with Gasteiger partial charge in [-0.05, 0) is 29.7 Å². The molecule has 0 aliphatic carbocycles. The van der Waals surface area contributed by atoms with E-state index in [1.54, 1.807) is 24.3 Å². The molecule has 0 bridgehead atoms. The van der Waals surface area contributed by atoms with Crippen LogP contribution < -0.4 is 5.32 Å². The summed E-state index contributed by atoms with van der Waals surface area (Å²) in [4.78, 5) is 25.4. The Kier molecular flexibility index (Phi) is 5.26. The molecule has 132 valence electrons. The number of nitrogens with one attached hydrogen (secondary N) is 1. The molecule has 1 aromatic heterocycles. The van der Waals surface area contributed by atoms with E-state index >= 15 is 0 Å². The van der Waals surface area contributed by atoms with E-state index in [1.807, 2.05) is 6.07 Å². The Labute approximate surface area is 158 Å². The number of hydrogen-bond donors (Lipinski definition) is 2. The average Bonchev–Trinajstić information content (AvgIpc) is 2.96. The second-order valence-electron chi connectivity index (χ2n) is 5.62. The van der Waals surface area contributed by atoms with Gasteiger partial charge in [0.1, 0.15) is 11.1 Å². The lowest BCUT2D eigenvalue weighted by Gasteiger charge is -2.23. The van der Waals surface area contributed by atoms with Gasteiger partial charge in [-0.3, -0.25) is 4.79 Å². The van der Waals surface area contributed by atoms with Crippen molar-refractivity contribution >= 4 is 46.0 Å². The number of carboxylic acid groups (broad SMARTS) is 1. The van der Waals surface area contributed by atoms with Crippen LogP contribution in [0.1, 0.15) is 21.6 Å². The highest BCUT2D eigenvalue weighted by molar-refractivity contribution is 7.16. The minimum absolute atomic E-state index is 0.231. The number of nitrogens with zero attached hydrogens (tertiary/aromatic N) is 2. The van der Waals surface area contributed by atoms with Gasteiger partial charge in [0.2, 0.25) is 5.91 Å². The summed E-state index contributed by atoms with van der Waals surface area (Å²) in [6.07, 6.45) is 2.43. The fraction of sp³-hybridized carbons (Fsp3) is 0.167. The van der Waals surface area contributed by atoms with Crippen LogP contribution in [0.5, 0.6) is 0 Å². The zero-order chi connectivity index (χ0) is 18.7. The maximum Gasteiger partial charge on any atom is 0.407 e. The summed E-state index contributed by atoms with van der Waals surface area (Å²) in [5.41, 5.74) is 1.95. The summed E-state index contributed by atoms with van der Waals surface area (Å²) < 4.78 is 0. The highest BCUT2D eigenvalue weighted by Gasteiger charge is 2.27. The fourth-order valence-corrected chi connectivity index (χ4v) is 4.12. The molecule has 1 aliphatic heterocycles. The Morgan fingerprint density at radius 2 is 2.15 bits per heavy atom. The van der Waals surface area contributed by atoms with Gasteiger partial charge in [-0.15, -0.1) is 11.3 Å². The van der Waals surface area contributed by atoms with Gasteiger partial charge >= 0.3 is 6.09 Å². The van der Waals surface area contributed by atoms with Crippen molar-refractivity contribution in [1.29, 1.82) is 5.26 Å². The van der Waals surface area contributed by atoms with Crippen LogP contribution >= 0.6 is 22.9 Å². The molecule has 2 heterocycles. The lowest BCUT2D eigenvalue weighted by molar-refractivity contribution is -0.111. The van der Waals surface area contributed by atoms with Gasteiger partial charge in [-0.25, -0.2) is 4.79 Å². The number of halogens is 1. The van der Waals surface area contributed by atoms with Gasteiger partial charge in [0, 0.05) is 22.5 Å². The highest BCUT2D eigenvalue weighted by atomic mass is 35.5. The maximum atomic E-state index is 12.2. The van der Waals surface area contributed by atoms with Crippen LogP contribution in [-0.4, -0.2) is 28.6 Å². The van der Waals surface area contributed by atoms with Crippen molar-refractivity contribution in [1.82, 2.24) is 4.90 Å². The minimum atomic E-state index is -0.990. The van der Waals surface area contributed by atoms with Gasteiger partial charge in [-0.2, -0.15) is 5.26 Å². The van der Waals surface area contributed by atoms with Gasteiger partial charge < -0.3 is 15.3 Å². The fourth-order valence-electron chi connectivity index (χ4n) is 2.70. The topological polar surface area (TPSA) is 93.4 Å². The lowest BCUT2D eigenvalue weighted by atomic mass is 10.0. The lowest BCUT2D eigenvalue weighted by Crippen LogP contribution is -2.34. The molecule has 1 aromatic carbocycles. The molecule has 1 aliphatic rings. The van der Waals surface area contributed by atoms with Gasteiger partial charge in [0.15, 0.2) is 0 Å². The summed E-state index contributed by atoms with van der Waals surface area (Å²) >= 11 is 7.29. The van der Waals surface area contributed by atoms with E-state index < -0.39 is 6.09 Å².